The van der Waals surface area contributed by atoms with Gasteiger partial charge in [0.15, 0.2) is 0 Å². The van der Waals surface area contributed by atoms with Crippen LogP contribution >= 0.6 is 0 Å². The van der Waals surface area contributed by atoms with Crippen LogP contribution in [0, 0.1) is 46.3 Å². The molecule has 6 nitrogen and oxygen atoms in total. The average molecular weight is 558 g/mol. The van der Waals surface area contributed by atoms with Crippen molar-refractivity contribution in [2.75, 3.05) is 6.54 Å². The first kappa shape index (κ1) is 31.1. The predicted octanol–water partition coefficient (Wildman–Crippen LogP) is 7.31. The van der Waals surface area contributed by atoms with Crippen LogP contribution in [-0.4, -0.2) is 35.6 Å². The van der Waals surface area contributed by atoms with E-state index in [0.29, 0.717) is 5.41 Å². The Kier molecular flexibility index (Phi) is 10.1. The second-order valence-corrected chi connectivity index (χ2v) is 14.7. The van der Waals surface area contributed by atoms with Gasteiger partial charge in [0.25, 0.3) is 0 Å². The summed E-state index contributed by atoms with van der Waals surface area (Å²) >= 11 is 0. The van der Waals surface area contributed by atoms with Crippen LogP contribution in [0.4, 0.5) is 0 Å². The minimum atomic E-state index is -0.920. The lowest BCUT2D eigenvalue weighted by Crippen LogP contribution is -2.51. The van der Waals surface area contributed by atoms with Crippen molar-refractivity contribution in [2.45, 2.75) is 131 Å². The van der Waals surface area contributed by atoms with E-state index in [2.05, 4.69) is 46.0 Å². The molecule has 0 aliphatic heterocycles. The second-order valence-electron chi connectivity index (χ2n) is 14.7. The molecular weight excluding hydrogens is 502 g/mol. The summed E-state index contributed by atoms with van der Waals surface area (Å²) in [6.07, 6.45) is 16.3. The summed E-state index contributed by atoms with van der Waals surface area (Å²) in [5, 5.41) is 11.3. The number of aliphatic carboxylic acids is 1. The lowest BCUT2D eigenvalue weighted by molar-refractivity contribution is -0.151. The van der Waals surface area contributed by atoms with Crippen LogP contribution in [0.2, 0.25) is 0 Å². The van der Waals surface area contributed by atoms with E-state index < -0.39 is 11.9 Å². The van der Waals surface area contributed by atoms with Crippen LogP contribution in [-0.2, 0) is 19.1 Å². The van der Waals surface area contributed by atoms with Crippen molar-refractivity contribution in [2.24, 2.45) is 46.3 Å². The zero-order chi connectivity index (χ0) is 29.1. The Morgan fingerprint density at radius 1 is 1.00 bits per heavy atom. The Morgan fingerprint density at radius 2 is 1.77 bits per heavy atom. The van der Waals surface area contributed by atoms with E-state index in [1.807, 2.05) is 0 Å². The summed E-state index contributed by atoms with van der Waals surface area (Å²) < 4.78 is 5.80. The first-order chi connectivity index (χ1) is 18.9. The summed E-state index contributed by atoms with van der Waals surface area (Å²) in [6.45, 7) is 12.2. The molecule has 0 unspecified atom stereocenters. The maximum atomic E-state index is 12.5. The number of carboxylic acid groups (broad SMARTS) is 1. The van der Waals surface area contributed by atoms with Crippen molar-refractivity contribution in [3.63, 3.8) is 0 Å². The number of rotatable bonds is 12. The van der Waals surface area contributed by atoms with Crippen LogP contribution in [0.15, 0.2) is 11.6 Å². The van der Waals surface area contributed by atoms with Crippen LogP contribution in [0.5, 0.6) is 0 Å². The highest BCUT2D eigenvalue weighted by Crippen LogP contribution is 2.67. The van der Waals surface area contributed by atoms with Gasteiger partial charge in [-0.25, -0.2) is 0 Å². The molecule has 0 aromatic rings. The first-order valence-corrected chi connectivity index (χ1v) is 16.3. The van der Waals surface area contributed by atoms with Crippen LogP contribution in [0.25, 0.3) is 0 Å². The SMILES string of the molecule is CC(C)CCC[C@@H](C)[C@H]1CC[C@H]2[C@@H]3CC=C4C[C@@H](OC(=O)CNC(=O)CCCC(=O)O)CC[C@]4(C)[C@H]3CC[C@]12C. The van der Waals surface area contributed by atoms with Crippen LogP contribution in [0.1, 0.15) is 125 Å². The monoisotopic (exact) mass is 557 g/mol. The van der Waals surface area contributed by atoms with Crippen molar-refractivity contribution < 1.29 is 24.2 Å². The molecule has 2 N–H and O–H groups in total. The molecule has 40 heavy (non-hydrogen) atoms. The largest absolute Gasteiger partial charge is 0.481 e. The van der Waals surface area contributed by atoms with Gasteiger partial charge in [-0.3, -0.25) is 14.4 Å². The highest BCUT2D eigenvalue weighted by atomic mass is 16.5. The van der Waals surface area contributed by atoms with Crippen molar-refractivity contribution in [1.29, 1.82) is 0 Å². The fourth-order valence-electron chi connectivity index (χ4n) is 9.64. The van der Waals surface area contributed by atoms with Gasteiger partial charge in [0.2, 0.25) is 5.91 Å². The van der Waals surface area contributed by atoms with E-state index in [4.69, 9.17) is 9.84 Å². The fraction of sp³-hybridized carbons (Fsp3) is 0.853. The Balaban J connectivity index is 1.31. The maximum absolute atomic E-state index is 12.5. The van der Waals surface area contributed by atoms with E-state index in [1.165, 1.54) is 56.9 Å². The Bertz CT molecular complexity index is 958. The number of ether oxygens (including phenoxy) is 1. The van der Waals surface area contributed by atoms with E-state index in [-0.39, 0.29) is 43.2 Å². The summed E-state index contributed by atoms with van der Waals surface area (Å²) in [5.41, 5.74) is 2.20. The summed E-state index contributed by atoms with van der Waals surface area (Å²) in [7, 11) is 0. The maximum Gasteiger partial charge on any atom is 0.325 e. The van der Waals surface area contributed by atoms with Gasteiger partial charge in [-0.15, -0.1) is 0 Å². The minimum Gasteiger partial charge on any atom is -0.481 e. The van der Waals surface area contributed by atoms with Gasteiger partial charge >= 0.3 is 11.9 Å². The third-order valence-electron chi connectivity index (χ3n) is 11.8. The molecule has 0 saturated heterocycles. The van der Waals surface area contributed by atoms with Gasteiger partial charge in [-0.05, 0) is 97.7 Å². The Hall–Kier alpha value is -1.85. The number of carboxylic acids is 1. The van der Waals surface area contributed by atoms with Crippen molar-refractivity contribution in [1.82, 2.24) is 5.32 Å². The summed E-state index contributed by atoms with van der Waals surface area (Å²) in [5.74, 6) is 3.25. The smallest absolute Gasteiger partial charge is 0.325 e. The molecule has 0 spiro atoms. The van der Waals surface area contributed by atoms with E-state index in [0.717, 1.165) is 54.8 Å². The molecule has 3 saturated carbocycles. The Morgan fingerprint density at radius 3 is 2.50 bits per heavy atom. The fourth-order valence-corrected chi connectivity index (χ4v) is 9.64. The molecule has 0 aromatic heterocycles. The molecule has 0 heterocycles. The normalized spacial score (nSPS) is 35.6. The van der Waals surface area contributed by atoms with Gasteiger partial charge in [-0.1, -0.05) is 65.5 Å². The molecule has 0 bridgehead atoms. The molecule has 4 aliphatic rings. The van der Waals surface area contributed by atoms with Gasteiger partial charge in [0.1, 0.15) is 12.6 Å². The quantitative estimate of drug-likeness (QED) is 0.194. The van der Waals surface area contributed by atoms with Crippen molar-refractivity contribution >= 4 is 17.8 Å². The molecular formula is C34H55NO5. The third kappa shape index (κ3) is 6.78. The number of carbonyl (C=O) groups excluding carboxylic acids is 2. The number of esters is 1. The zero-order valence-electron chi connectivity index (χ0n) is 25.8. The Labute approximate surface area is 242 Å². The molecule has 8 atom stereocenters. The highest BCUT2D eigenvalue weighted by Gasteiger charge is 2.59. The second kappa shape index (κ2) is 13.0. The lowest BCUT2D eigenvalue weighted by Gasteiger charge is -2.58. The molecule has 4 rings (SSSR count). The van der Waals surface area contributed by atoms with Crippen LogP contribution in [0.3, 0.4) is 0 Å². The highest BCUT2D eigenvalue weighted by molar-refractivity contribution is 5.82. The number of hydrogen-bond donors (Lipinski definition) is 2. The minimum absolute atomic E-state index is 0.0478. The molecule has 226 valence electrons. The van der Waals surface area contributed by atoms with Gasteiger partial charge in [0.05, 0.1) is 0 Å². The predicted molar refractivity (Wildman–Crippen MR) is 157 cm³/mol. The molecule has 4 aliphatic carbocycles. The molecule has 3 fully saturated rings. The summed E-state index contributed by atoms with van der Waals surface area (Å²) in [6, 6.07) is 0. The van der Waals surface area contributed by atoms with Crippen molar-refractivity contribution in [3.8, 4) is 0 Å². The lowest BCUT2D eigenvalue weighted by atomic mass is 9.47. The van der Waals surface area contributed by atoms with Gasteiger partial charge in [-0.2, -0.15) is 0 Å². The van der Waals surface area contributed by atoms with Gasteiger partial charge < -0.3 is 15.2 Å². The topological polar surface area (TPSA) is 92.7 Å². The standard InChI is InChI=1S/C34H55NO5/c1-22(2)8-6-9-23(3)27-14-15-28-26-13-12-24-20-25(16-18-33(24,4)29(26)17-19-34(27,28)5)40-32(39)21-35-30(36)10-7-11-31(37)38/h12,22-23,25-29H,6-11,13-21H2,1-5H3,(H,35,36)(H,37,38)/t23-,25+,26+,27-,28+,29+,33+,34-/m1/s1. The molecule has 0 aromatic carbocycles. The third-order valence-corrected chi connectivity index (χ3v) is 11.8. The number of hydrogen-bond acceptors (Lipinski definition) is 4. The molecule has 6 heteroatoms. The zero-order valence-corrected chi connectivity index (χ0v) is 25.8. The summed E-state index contributed by atoms with van der Waals surface area (Å²) in [4.78, 5) is 35.0. The number of nitrogens with one attached hydrogen (secondary N) is 1. The number of amides is 1. The number of fused-ring (bicyclic) bond motifs is 5. The average Bonchev–Trinajstić information content (AvgIpc) is 3.24. The van der Waals surface area contributed by atoms with E-state index in [9.17, 15) is 14.4 Å². The van der Waals surface area contributed by atoms with Crippen LogP contribution < -0.4 is 5.32 Å². The number of carbonyl (C=O) groups is 3. The van der Waals surface area contributed by atoms with Gasteiger partial charge in [0, 0.05) is 19.3 Å². The van der Waals surface area contributed by atoms with E-state index >= 15 is 0 Å². The molecule has 0 radical (unpaired) electrons. The van der Waals surface area contributed by atoms with E-state index in [1.54, 1.807) is 0 Å². The van der Waals surface area contributed by atoms with Crippen molar-refractivity contribution in [3.05, 3.63) is 11.6 Å². The molecule has 1 amide bonds. The number of allylic oxidation sites excluding steroid dienone is 1. The first-order valence-electron chi connectivity index (χ1n) is 16.3.